The Balaban J connectivity index is 1.78. The maximum Gasteiger partial charge on any atom is 0.239 e. The van der Waals surface area contributed by atoms with Crippen LogP contribution in [-0.2, 0) is 4.79 Å². The molecular weight excluding hydrogens is 256 g/mol. The molecule has 2 rings (SSSR count). The van der Waals surface area contributed by atoms with Gasteiger partial charge in [0, 0.05) is 18.7 Å². The number of anilines is 1. The minimum atomic E-state index is -0.0454. The topological polar surface area (TPSA) is 70.4 Å². The van der Waals surface area contributed by atoms with E-state index in [4.69, 9.17) is 4.52 Å². The van der Waals surface area contributed by atoms with Crippen molar-refractivity contribution >= 4 is 11.7 Å². The molecule has 0 bridgehead atoms. The predicted octanol–water partition coefficient (Wildman–Crippen LogP) is 1.39. The van der Waals surface area contributed by atoms with E-state index in [0.717, 1.165) is 19.6 Å². The molecular formula is C14H24N4O2. The number of carbonyl (C=O) groups is 1. The van der Waals surface area contributed by atoms with Gasteiger partial charge < -0.3 is 15.2 Å². The lowest BCUT2D eigenvalue weighted by Gasteiger charge is -2.29. The van der Waals surface area contributed by atoms with Crippen LogP contribution in [0, 0.1) is 6.92 Å². The molecule has 0 aliphatic carbocycles. The standard InChI is InChI=1S/C14H24N4O2/c1-3-18(9-12-6-4-5-7-15-12)10-14(19)16-13-8-11(2)20-17-13/h8,12,15H,3-7,9-10H2,1-2H3,(H,16,17,19). The lowest BCUT2D eigenvalue weighted by molar-refractivity contribution is -0.117. The Morgan fingerprint density at radius 3 is 3.05 bits per heavy atom. The third-order valence-corrected chi connectivity index (χ3v) is 3.60. The maximum atomic E-state index is 12.0. The summed E-state index contributed by atoms with van der Waals surface area (Å²) in [7, 11) is 0. The van der Waals surface area contributed by atoms with Crippen LogP contribution in [0.25, 0.3) is 0 Å². The first-order valence-electron chi connectivity index (χ1n) is 7.36. The quantitative estimate of drug-likeness (QED) is 0.824. The fraction of sp³-hybridized carbons (Fsp3) is 0.714. The first-order valence-corrected chi connectivity index (χ1v) is 7.36. The molecule has 1 aliphatic heterocycles. The van der Waals surface area contributed by atoms with Crippen LogP contribution in [0.3, 0.4) is 0 Å². The van der Waals surface area contributed by atoms with Crippen molar-refractivity contribution in [3.8, 4) is 0 Å². The second-order valence-electron chi connectivity index (χ2n) is 5.35. The van der Waals surface area contributed by atoms with Gasteiger partial charge in [0.25, 0.3) is 0 Å². The van der Waals surface area contributed by atoms with Gasteiger partial charge in [-0.2, -0.15) is 0 Å². The lowest BCUT2D eigenvalue weighted by atomic mass is 10.0. The van der Waals surface area contributed by atoms with E-state index in [9.17, 15) is 4.79 Å². The Labute approximate surface area is 119 Å². The second-order valence-corrected chi connectivity index (χ2v) is 5.35. The number of amides is 1. The van der Waals surface area contributed by atoms with Crippen LogP contribution < -0.4 is 10.6 Å². The molecule has 1 aliphatic rings. The Morgan fingerprint density at radius 1 is 1.60 bits per heavy atom. The number of piperidine rings is 1. The summed E-state index contributed by atoms with van der Waals surface area (Å²) < 4.78 is 4.93. The molecule has 0 saturated carbocycles. The van der Waals surface area contributed by atoms with Crippen LogP contribution in [0.1, 0.15) is 31.9 Å². The van der Waals surface area contributed by atoms with Crippen molar-refractivity contribution in [2.75, 3.05) is 31.5 Å². The van der Waals surface area contributed by atoms with Crippen molar-refractivity contribution in [1.82, 2.24) is 15.4 Å². The molecule has 0 radical (unpaired) electrons. The summed E-state index contributed by atoms with van der Waals surface area (Å²) in [4.78, 5) is 14.1. The molecule has 0 aromatic carbocycles. The summed E-state index contributed by atoms with van der Waals surface area (Å²) in [6.45, 7) is 7.14. The number of nitrogens with one attached hydrogen (secondary N) is 2. The zero-order valence-electron chi connectivity index (χ0n) is 12.3. The van der Waals surface area contributed by atoms with E-state index in [0.29, 0.717) is 24.2 Å². The Bertz CT molecular complexity index is 427. The van der Waals surface area contributed by atoms with Gasteiger partial charge in [-0.1, -0.05) is 18.5 Å². The highest BCUT2D eigenvalue weighted by molar-refractivity contribution is 5.91. The molecule has 1 fully saturated rings. The van der Waals surface area contributed by atoms with Crippen LogP contribution >= 0.6 is 0 Å². The Kier molecular flexibility index (Phi) is 5.55. The number of aryl methyl sites for hydroxylation is 1. The molecule has 2 heterocycles. The number of likely N-dealkylation sites (N-methyl/N-ethyl adjacent to an activating group) is 1. The molecule has 1 saturated heterocycles. The van der Waals surface area contributed by atoms with Crippen LogP contribution in [0.15, 0.2) is 10.6 Å². The summed E-state index contributed by atoms with van der Waals surface area (Å²) in [6, 6.07) is 2.22. The molecule has 1 aromatic heterocycles. The van der Waals surface area contributed by atoms with Gasteiger partial charge in [0.15, 0.2) is 5.82 Å². The van der Waals surface area contributed by atoms with Gasteiger partial charge in [-0.05, 0) is 32.9 Å². The predicted molar refractivity (Wildman–Crippen MR) is 77.6 cm³/mol. The van der Waals surface area contributed by atoms with E-state index >= 15 is 0 Å². The summed E-state index contributed by atoms with van der Waals surface area (Å²) in [5, 5.41) is 10.0. The molecule has 1 aromatic rings. The minimum Gasteiger partial charge on any atom is -0.360 e. The second kappa shape index (κ2) is 7.40. The van der Waals surface area contributed by atoms with Crippen LogP contribution in [0.5, 0.6) is 0 Å². The number of rotatable bonds is 6. The lowest BCUT2D eigenvalue weighted by Crippen LogP contribution is -2.45. The number of hydrogen-bond acceptors (Lipinski definition) is 5. The summed E-state index contributed by atoms with van der Waals surface area (Å²) in [5.74, 6) is 1.13. The molecule has 6 nitrogen and oxygen atoms in total. The molecule has 20 heavy (non-hydrogen) atoms. The highest BCUT2D eigenvalue weighted by Gasteiger charge is 2.18. The van der Waals surface area contributed by atoms with Crippen LogP contribution in [0.2, 0.25) is 0 Å². The smallest absolute Gasteiger partial charge is 0.239 e. The summed E-state index contributed by atoms with van der Waals surface area (Å²) in [5.41, 5.74) is 0. The normalized spacial score (nSPS) is 19.2. The van der Waals surface area contributed by atoms with Gasteiger partial charge in [-0.15, -0.1) is 0 Å². The summed E-state index contributed by atoms with van der Waals surface area (Å²) >= 11 is 0. The molecule has 6 heteroatoms. The highest BCUT2D eigenvalue weighted by Crippen LogP contribution is 2.09. The van der Waals surface area contributed by atoms with Gasteiger partial charge in [-0.3, -0.25) is 9.69 Å². The third-order valence-electron chi connectivity index (χ3n) is 3.60. The third kappa shape index (κ3) is 4.61. The van der Waals surface area contributed by atoms with E-state index < -0.39 is 0 Å². The van der Waals surface area contributed by atoms with Gasteiger partial charge in [0.05, 0.1) is 6.54 Å². The van der Waals surface area contributed by atoms with Crippen LogP contribution in [-0.4, -0.2) is 48.2 Å². The van der Waals surface area contributed by atoms with E-state index in [-0.39, 0.29) is 5.91 Å². The highest BCUT2D eigenvalue weighted by atomic mass is 16.5. The number of hydrogen-bond donors (Lipinski definition) is 2. The van der Waals surface area contributed by atoms with E-state index in [1.54, 1.807) is 13.0 Å². The van der Waals surface area contributed by atoms with Gasteiger partial charge >= 0.3 is 0 Å². The minimum absolute atomic E-state index is 0.0454. The van der Waals surface area contributed by atoms with Crippen LogP contribution in [0.4, 0.5) is 5.82 Å². The largest absolute Gasteiger partial charge is 0.360 e. The zero-order valence-corrected chi connectivity index (χ0v) is 12.3. The average molecular weight is 280 g/mol. The maximum absolute atomic E-state index is 12.0. The van der Waals surface area contributed by atoms with Crippen molar-refractivity contribution < 1.29 is 9.32 Å². The van der Waals surface area contributed by atoms with Crippen molar-refractivity contribution in [3.05, 3.63) is 11.8 Å². The molecule has 1 unspecified atom stereocenters. The molecule has 1 atom stereocenters. The van der Waals surface area contributed by atoms with Crippen molar-refractivity contribution in [1.29, 1.82) is 0 Å². The molecule has 1 amide bonds. The van der Waals surface area contributed by atoms with E-state index in [2.05, 4.69) is 27.6 Å². The van der Waals surface area contributed by atoms with E-state index in [1.807, 2.05) is 0 Å². The fourth-order valence-electron chi connectivity index (χ4n) is 2.51. The van der Waals surface area contributed by atoms with Crippen molar-refractivity contribution in [2.24, 2.45) is 0 Å². The monoisotopic (exact) mass is 280 g/mol. The average Bonchev–Trinajstić information content (AvgIpc) is 2.84. The number of nitrogens with zero attached hydrogens (tertiary/aromatic N) is 2. The SMILES string of the molecule is CCN(CC(=O)Nc1cc(C)on1)CC1CCCCN1. The zero-order chi connectivity index (χ0) is 14.4. The Hall–Kier alpha value is -1.40. The molecule has 112 valence electrons. The van der Waals surface area contributed by atoms with Gasteiger partial charge in [-0.25, -0.2) is 0 Å². The van der Waals surface area contributed by atoms with Gasteiger partial charge in [0.2, 0.25) is 5.91 Å². The summed E-state index contributed by atoms with van der Waals surface area (Å²) in [6.07, 6.45) is 3.73. The molecule has 2 N–H and O–H groups in total. The number of aromatic nitrogens is 1. The fourth-order valence-corrected chi connectivity index (χ4v) is 2.51. The number of carbonyl (C=O) groups excluding carboxylic acids is 1. The van der Waals surface area contributed by atoms with Crippen molar-refractivity contribution in [2.45, 2.75) is 39.2 Å². The first kappa shape index (κ1) is 15.0. The first-order chi connectivity index (χ1) is 9.67. The van der Waals surface area contributed by atoms with Crippen molar-refractivity contribution in [3.63, 3.8) is 0 Å². The van der Waals surface area contributed by atoms with Gasteiger partial charge in [0.1, 0.15) is 5.76 Å². The van der Waals surface area contributed by atoms with E-state index in [1.165, 1.54) is 19.3 Å². The molecule has 0 spiro atoms. The Morgan fingerprint density at radius 2 is 2.45 bits per heavy atom.